The van der Waals surface area contributed by atoms with Crippen LogP contribution >= 0.6 is 0 Å². The molecule has 0 spiro atoms. The van der Waals surface area contributed by atoms with E-state index >= 15 is 0 Å². The number of fused-ring (bicyclic) bond motifs is 3. The van der Waals surface area contributed by atoms with E-state index in [1.807, 2.05) is 16.7 Å². The molecular weight excluding hydrogens is 502 g/mol. The molecule has 4 fully saturated rings. The number of piperidine rings is 1. The third-order valence-corrected chi connectivity index (χ3v) is 8.29. The van der Waals surface area contributed by atoms with Gasteiger partial charge in [0.1, 0.15) is 17.7 Å². The quantitative estimate of drug-likeness (QED) is 0.539. The number of hydrogen-bond donors (Lipinski definition) is 2. The molecule has 0 unspecified atom stereocenters. The fourth-order valence-electron chi connectivity index (χ4n) is 6.40. The average Bonchev–Trinajstić information content (AvgIpc) is 3.18. The lowest BCUT2D eigenvalue weighted by Gasteiger charge is -2.39. The van der Waals surface area contributed by atoms with Crippen molar-refractivity contribution >= 4 is 23.9 Å². The predicted octanol–water partition coefficient (Wildman–Crippen LogP) is 2.14. The number of carbonyl (C=O) groups is 4. The van der Waals surface area contributed by atoms with Crippen molar-refractivity contribution in [3.8, 4) is 6.07 Å². The second-order valence-corrected chi connectivity index (χ2v) is 12.1. The van der Waals surface area contributed by atoms with Crippen molar-refractivity contribution in [3.05, 3.63) is 35.4 Å². The Kier molecular flexibility index (Phi) is 6.79. The highest BCUT2D eigenvalue weighted by Gasteiger charge is 2.56. The Morgan fingerprint density at radius 2 is 1.87 bits per heavy atom. The topological polar surface area (TPSA) is 143 Å². The highest BCUT2D eigenvalue weighted by atomic mass is 16.6. The molecule has 5 rings (SSSR count). The Bertz CT molecular complexity index is 1220. The van der Waals surface area contributed by atoms with E-state index in [1.54, 1.807) is 37.8 Å². The van der Waals surface area contributed by atoms with E-state index in [0.717, 1.165) is 12.0 Å². The fraction of sp³-hybridized carbons (Fsp3) is 0.607. The molecule has 3 saturated heterocycles. The highest BCUT2D eigenvalue weighted by molar-refractivity contribution is 5.89. The Hall–Kier alpha value is -3.65. The number of amides is 3. The number of nitrogens with zero attached hydrogens (tertiary/aromatic N) is 4. The van der Waals surface area contributed by atoms with Crippen LogP contribution in [0, 0.1) is 17.2 Å². The molecule has 1 aromatic rings. The summed E-state index contributed by atoms with van der Waals surface area (Å²) < 4.78 is 5.42. The van der Waals surface area contributed by atoms with Gasteiger partial charge >= 0.3 is 12.1 Å². The summed E-state index contributed by atoms with van der Waals surface area (Å²) in [4.78, 5) is 56.5. The normalized spacial score (nSPS) is 29.0. The second-order valence-electron chi connectivity index (χ2n) is 12.1. The first kappa shape index (κ1) is 26.9. The summed E-state index contributed by atoms with van der Waals surface area (Å²) in [6.07, 6.45) is 1.42. The summed E-state index contributed by atoms with van der Waals surface area (Å²) in [6, 6.07) is 6.62. The highest BCUT2D eigenvalue weighted by Crippen LogP contribution is 2.48. The van der Waals surface area contributed by atoms with Crippen LogP contribution in [0.2, 0.25) is 0 Å². The number of aromatic carboxylic acids is 1. The monoisotopic (exact) mass is 537 g/mol. The molecule has 4 aliphatic rings. The number of hydrogen-bond acceptors (Lipinski definition) is 7. The molecule has 3 aliphatic heterocycles. The van der Waals surface area contributed by atoms with E-state index in [0.29, 0.717) is 25.3 Å². The number of piperazine rings is 1. The van der Waals surface area contributed by atoms with Crippen LogP contribution in [0.3, 0.4) is 0 Å². The SMILES string of the molecule is C[C@@H](c1ccc(C(=O)O)cc1)N1C(=O)[C@H]2C[C@@H]1CN2C[C@H](NC(=O)OC(C)(C)C)C(=O)N1[C@H](C#N)C[C@@H]2C[C@@H]21. The molecular formula is C28H35N5O6. The number of nitriles is 1. The minimum Gasteiger partial charge on any atom is -0.478 e. The van der Waals surface area contributed by atoms with E-state index in [-0.39, 0.29) is 42.0 Å². The van der Waals surface area contributed by atoms with Crippen LogP contribution in [0.25, 0.3) is 0 Å². The minimum atomic E-state index is -1.00. The number of nitrogens with one attached hydrogen (secondary N) is 1. The Labute approximate surface area is 227 Å². The minimum absolute atomic E-state index is 0.0330. The lowest BCUT2D eigenvalue weighted by Crippen LogP contribution is -2.59. The molecule has 1 aliphatic carbocycles. The molecule has 0 aromatic heterocycles. The zero-order chi connectivity index (χ0) is 28.2. The Balaban J connectivity index is 1.30. The molecule has 7 atom stereocenters. The van der Waals surface area contributed by atoms with E-state index in [9.17, 15) is 29.5 Å². The number of ether oxygens (including phenoxy) is 1. The number of carboxylic acid groups (broad SMARTS) is 1. The van der Waals surface area contributed by atoms with Gasteiger partial charge in [-0.2, -0.15) is 5.26 Å². The van der Waals surface area contributed by atoms with Crippen LogP contribution in [0.15, 0.2) is 24.3 Å². The van der Waals surface area contributed by atoms with Gasteiger partial charge in [0, 0.05) is 25.2 Å². The smallest absolute Gasteiger partial charge is 0.408 e. The summed E-state index contributed by atoms with van der Waals surface area (Å²) >= 11 is 0. The zero-order valence-corrected chi connectivity index (χ0v) is 22.7. The summed E-state index contributed by atoms with van der Waals surface area (Å²) in [6.45, 7) is 7.85. The van der Waals surface area contributed by atoms with Gasteiger partial charge in [0.15, 0.2) is 0 Å². The van der Waals surface area contributed by atoms with Gasteiger partial charge in [-0.3, -0.25) is 14.5 Å². The first-order valence-corrected chi connectivity index (χ1v) is 13.5. The molecule has 2 bridgehead atoms. The van der Waals surface area contributed by atoms with Crippen molar-refractivity contribution in [1.82, 2.24) is 20.0 Å². The molecule has 39 heavy (non-hydrogen) atoms. The maximum absolute atomic E-state index is 13.7. The molecule has 1 aromatic carbocycles. The van der Waals surface area contributed by atoms with E-state index in [1.165, 1.54) is 12.1 Å². The third kappa shape index (κ3) is 5.17. The maximum Gasteiger partial charge on any atom is 0.408 e. The molecule has 11 nitrogen and oxygen atoms in total. The number of alkyl carbamates (subject to hydrolysis) is 1. The molecule has 0 radical (unpaired) electrons. The van der Waals surface area contributed by atoms with Gasteiger partial charge in [0.25, 0.3) is 0 Å². The van der Waals surface area contributed by atoms with Crippen LogP contribution in [0.5, 0.6) is 0 Å². The van der Waals surface area contributed by atoms with Gasteiger partial charge in [-0.15, -0.1) is 0 Å². The van der Waals surface area contributed by atoms with Crippen molar-refractivity contribution in [3.63, 3.8) is 0 Å². The summed E-state index contributed by atoms with van der Waals surface area (Å²) in [5.41, 5.74) is 0.292. The zero-order valence-electron chi connectivity index (χ0n) is 22.7. The van der Waals surface area contributed by atoms with Crippen molar-refractivity contribution < 1.29 is 29.0 Å². The van der Waals surface area contributed by atoms with Gasteiger partial charge in [-0.1, -0.05) is 12.1 Å². The van der Waals surface area contributed by atoms with Gasteiger partial charge in [0.05, 0.1) is 23.7 Å². The van der Waals surface area contributed by atoms with Crippen LogP contribution in [0.1, 0.15) is 68.9 Å². The van der Waals surface area contributed by atoms with Gasteiger partial charge in [0.2, 0.25) is 11.8 Å². The Morgan fingerprint density at radius 1 is 1.18 bits per heavy atom. The van der Waals surface area contributed by atoms with Crippen LogP contribution in [-0.2, 0) is 14.3 Å². The number of rotatable bonds is 7. The average molecular weight is 538 g/mol. The van der Waals surface area contributed by atoms with Crippen LogP contribution in [-0.4, -0.2) is 92.6 Å². The number of likely N-dealkylation sites (tertiary alicyclic amines) is 3. The van der Waals surface area contributed by atoms with Crippen molar-refractivity contribution in [2.45, 2.75) is 88.8 Å². The molecule has 2 N–H and O–H groups in total. The number of carbonyl (C=O) groups excluding carboxylic acids is 3. The third-order valence-electron chi connectivity index (χ3n) is 8.29. The van der Waals surface area contributed by atoms with Crippen LogP contribution < -0.4 is 5.32 Å². The molecule has 11 heteroatoms. The van der Waals surface area contributed by atoms with Crippen molar-refractivity contribution in [2.24, 2.45) is 5.92 Å². The molecule has 3 heterocycles. The molecule has 208 valence electrons. The van der Waals surface area contributed by atoms with E-state index < -0.39 is 35.8 Å². The molecule has 1 saturated carbocycles. The lowest BCUT2D eigenvalue weighted by atomic mass is 10.0. The van der Waals surface area contributed by atoms with Gasteiger partial charge in [-0.05, 0) is 70.6 Å². The summed E-state index contributed by atoms with van der Waals surface area (Å²) in [5, 5.41) is 21.5. The maximum atomic E-state index is 13.7. The predicted molar refractivity (Wildman–Crippen MR) is 138 cm³/mol. The first-order valence-electron chi connectivity index (χ1n) is 13.5. The summed E-state index contributed by atoms with van der Waals surface area (Å²) in [7, 11) is 0. The number of benzene rings is 1. The van der Waals surface area contributed by atoms with Gasteiger partial charge in [-0.25, -0.2) is 9.59 Å². The first-order chi connectivity index (χ1) is 18.4. The van der Waals surface area contributed by atoms with Gasteiger partial charge < -0.3 is 25.0 Å². The van der Waals surface area contributed by atoms with Crippen molar-refractivity contribution in [2.75, 3.05) is 13.1 Å². The summed E-state index contributed by atoms with van der Waals surface area (Å²) in [5.74, 6) is -1.03. The van der Waals surface area contributed by atoms with E-state index in [2.05, 4.69) is 11.4 Å². The van der Waals surface area contributed by atoms with E-state index in [4.69, 9.17) is 4.74 Å². The lowest BCUT2D eigenvalue weighted by molar-refractivity contribution is -0.141. The fourth-order valence-corrected chi connectivity index (χ4v) is 6.40. The second kappa shape index (κ2) is 9.83. The molecule has 3 amide bonds. The largest absolute Gasteiger partial charge is 0.478 e. The Morgan fingerprint density at radius 3 is 2.46 bits per heavy atom. The standard InChI is InChI=1S/C28H35N5O6/c1-15(16-5-7-17(8-6-16)26(36)37)32-20-11-23(25(32)35)31(13-20)14-21(30-27(38)39-28(2,3)4)24(34)33-19(12-29)9-18-10-22(18)33/h5-8,15,18-23H,9-11,13-14H2,1-4H3,(H,30,38)(H,36,37)/t15-,18+,19-,20+,21-,22-,23+/m0/s1. The van der Waals surface area contributed by atoms with Crippen molar-refractivity contribution in [1.29, 1.82) is 5.26 Å². The van der Waals surface area contributed by atoms with Crippen LogP contribution in [0.4, 0.5) is 4.79 Å². The number of carboxylic acids is 1.